The Morgan fingerprint density at radius 3 is 1.62 bits per heavy atom. The van der Waals surface area contributed by atoms with Crippen LogP contribution in [0.2, 0.25) is 13.1 Å². The van der Waals surface area contributed by atoms with Crippen LogP contribution < -0.4 is 0 Å². The van der Waals surface area contributed by atoms with Gasteiger partial charge in [-0.1, -0.05) is 96.4 Å². The van der Waals surface area contributed by atoms with Crippen LogP contribution in [0.3, 0.4) is 0 Å². The van der Waals surface area contributed by atoms with Crippen molar-refractivity contribution in [3.63, 3.8) is 0 Å². The van der Waals surface area contributed by atoms with Crippen LogP contribution in [0.25, 0.3) is 0 Å². The molecule has 0 aliphatic heterocycles. The lowest BCUT2D eigenvalue weighted by molar-refractivity contribution is 0.952. The number of rotatable bonds is 2. The Morgan fingerprint density at radius 2 is 1.14 bits per heavy atom. The van der Waals surface area contributed by atoms with Crippen LogP contribution in [0.15, 0.2) is 94.5 Å². The lowest BCUT2D eigenvalue weighted by Gasteiger charge is -2.34. The quantitative estimate of drug-likeness (QED) is 0.628. The second-order valence-electron chi connectivity index (χ2n) is 6.65. The lowest BCUT2D eigenvalue weighted by atomic mass is 9.98. The van der Waals surface area contributed by atoms with E-state index in [0.29, 0.717) is 11.8 Å². The third kappa shape index (κ3) is 1.88. The van der Waals surface area contributed by atoms with Crippen LogP contribution in [0.5, 0.6) is 0 Å². The number of hydrogen-bond donors (Lipinski definition) is 0. The zero-order chi connectivity index (χ0) is 14.4. The first-order valence-electron chi connectivity index (χ1n) is 7.72. The van der Waals surface area contributed by atoms with Crippen LogP contribution in [-0.4, -0.2) is 8.07 Å². The van der Waals surface area contributed by atoms with Gasteiger partial charge in [-0.25, -0.2) is 0 Å². The van der Waals surface area contributed by atoms with Gasteiger partial charge in [0.15, 0.2) is 0 Å². The maximum atomic E-state index is 2.51. The first-order valence-corrected chi connectivity index (χ1v) is 10.7. The fourth-order valence-electron chi connectivity index (χ4n) is 3.94. The summed E-state index contributed by atoms with van der Waals surface area (Å²) in [4.78, 5) is 0. The van der Waals surface area contributed by atoms with E-state index in [1.54, 1.807) is 10.4 Å². The molecule has 104 valence electrons. The van der Waals surface area contributed by atoms with Crippen molar-refractivity contribution >= 4 is 8.07 Å². The van der Waals surface area contributed by atoms with Gasteiger partial charge in [0.25, 0.3) is 0 Å². The number of allylic oxidation sites excluding steroid dienone is 16. The van der Waals surface area contributed by atoms with E-state index < -0.39 is 8.07 Å². The standard InChI is InChI=1S/C20H20Si/c1-21(2,19-13-11-15-7-3-5-9-17(15)19)20-14-12-16-8-4-6-10-18(16)20/h3-14,17-18H,1-2H3. The summed E-state index contributed by atoms with van der Waals surface area (Å²) in [6, 6.07) is 0. The smallest absolute Gasteiger partial charge is 0.0733 e. The minimum Gasteiger partial charge on any atom is -0.0733 e. The molecule has 4 rings (SSSR count). The van der Waals surface area contributed by atoms with E-state index in [1.807, 2.05) is 0 Å². The first-order chi connectivity index (χ1) is 10.2. The van der Waals surface area contributed by atoms with Crippen LogP contribution in [0.1, 0.15) is 0 Å². The van der Waals surface area contributed by atoms with Crippen molar-refractivity contribution in [1.82, 2.24) is 0 Å². The highest BCUT2D eigenvalue weighted by Crippen LogP contribution is 2.45. The summed E-state index contributed by atoms with van der Waals surface area (Å²) in [5.74, 6) is 1.04. The molecule has 21 heavy (non-hydrogen) atoms. The van der Waals surface area contributed by atoms with E-state index in [2.05, 4.69) is 86.0 Å². The zero-order valence-electron chi connectivity index (χ0n) is 12.6. The van der Waals surface area contributed by atoms with Crippen LogP contribution in [0.4, 0.5) is 0 Å². The van der Waals surface area contributed by atoms with Crippen molar-refractivity contribution in [1.29, 1.82) is 0 Å². The van der Waals surface area contributed by atoms with Crippen LogP contribution >= 0.6 is 0 Å². The Bertz CT molecular complexity index is 668. The van der Waals surface area contributed by atoms with Crippen molar-refractivity contribution in [2.24, 2.45) is 11.8 Å². The Hall–Kier alpha value is -1.86. The molecule has 2 atom stereocenters. The molecule has 0 bridgehead atoms. The molecule has 0 aromatic rings. The van der Waals surface area contributed by atoms with Gasteiger partial charge in [-0.2, -0.15) is 0 Å². The average Bonchev–Trinajstić information content (AvgIpc) is 3.12. The van der Waals surface area contributed by atoms with Crippen molar-refractivity contribution in [3.05, 3.63) is 94.5 Å². The van der Waals surface area contributed by atoms with Crippen molar-refractivity contribution < 1.29 is 0 Å². The van der Waals surface area contributed by atoms with E-state index in [9.17, 15) is 0 Å². The second-order valence-corrected chi connectivity index (χ2v) is 11.1. The SMILES string of the molecule is C[Si](C)(C1=CC=C2C=CC=CC21)C1=CC=C2C=CC=CC21. The summed E-state index contributed by atoms with van der Waals surface area (Å²) in [6.07, 6.45) is 27.4. The third-order valence-electron chi connectivity index (χ3n) is 5.15. The van der Waals surface area contributed by atoms with E-state index in [4.69, 9.17) is 0 Å². The molecule has 0 spiro atoms. The average molecular weight is 288 g/mol. The topological polar surface area (TPSA) is 0 Å². The van der Waals surface area contributed by atoms with Gasteiger partial charge in [-0.3, -0.25) is 0 Å². The highest BCUT2D eigenvalue weighted by molar-refractivity contribution is 6.91. The van der Waals surface area contributed by atoms with E-state index in [1.165, 1.54) is 11.1 Å². The van der Waals surface area contributed by atoms with Crippen LogP contribution in [-0.2, 0) is 0 Å². The minimum absolute atomic E-state index is 0.518. The Kier molecular flexibility index (Phi) is 2.80. The van der Waals surface area contributed by atoms with Crippen molar-refractivity contribution in [2.45, 2.75) is 13.1 Å². The molecule has 0 nitrogen and oxygen atoms in total. The van der Waals surface area contributed by atoms with Crippen LogP contribution in [0, 0.1) is 11.8 Å². The molecule has 4 aliphatic carbocycles. The van der Waals surface area contributed by atoms with E-state index >= 15 is 0 Å². The summed E-state index contributed by atoms with van der Waals surface area (Å²) in [7, 11) is -1.61. The fourth-order valence-corrected chi connectivity index (χ4v) is 7.35. The Morgan fingerprint density at radius 1 is 0.667 bits per heavy atom. The predicted octanol–water partition coefficient (Wildman–Crippen LogP) is 4.99. The second kappa shape index (κ2) is 4.57. The van der Waals surface area contributed by atoms with Gasteiger partial charge in [0.05, 0.1) is 0 Å². The summed E-state index contributed by atoms with van der Waals surface area (Å²) < 4.78 is 0. The number of fused-ring (bicyclic) bond motifs is 2. The lowest BCUT2D eigenvalue weighted by Crippen LogP contribution is -2.37. The van der Waals surface area contributed by atoms with Crippen molar-refractivity contribution in [2.75, 3.05) is 0 Å². The van der Waals surface area contributed by atoms with Gasteiger partial charge < -0.3 is 0 Å². The molecule has 0 fully saturated rings. The Labute approximate surface area is 128 Å². The molecule has 1 heteroatoms. The molecule has 0 heterocycles. The van der Waals surface area contributed by atoms with Gasteiger partial charge in [0.1, 0.15) is 8.07 Å². The van der Waals surface area contributed by atoms with Crippen molar-refractivity contribution in [3.8, 4) is 0 Å². The van der Waals surface area contributed by atoms with Gasteiger partial charge in [-0.15, -0.1) is 0 Å². The molecule has 0 saturated carbocycles. The summed E-state index contributed by atoms with van der Waals surface area (Å²) in [6.45, 7) is 5.02. The molecule has 2 unspecified atom stereocenters. The largest absolute Gasteiger partial charge is 0.105 e. The van der Waals surface area contributed by atoms with Gasteiger partial charge in [0.2, 0.25) is 0 Å². The maximum absolute atomic E-state index is 2.51. The molecule has 0 N–H and O–H groups in total. The predicted molar refractivity (Wildman–Crippen MR) is 93.4 cm³/mol. The van der Waals surface area contributed by atoms with Gasteiger partial charge >= 0.3 is 0 Å². The molecular weight excluding hydrogens is 268 g/mol. The monoisotopic (exact) mass is 288 g/mol. The normalized spacial score (nSPS) is 28.9. The maximum Gasteiger partial charge on any atom is 0.105 e. The molecule has 0 saturated heterocycles. The number of hydrogen-bond acceptors (Lipinski definition) is 0. The summed E-state index contributed by atoms with van der Waals surface area (Å²) in [5.41, 5.74) is 2.91. The highest BCUT2D eigenvalue weighted by atomic mass is 28.3. The minimum atomic E-state index is -1.61. The summed E-state index contributed by atoms with van der Waals surface area (Å²) in [5, 5.41) is 3.31. The molecule has 0 aromatic carbocycles. The van der Waals surface area contributed by atoms with E-state index in [-0.39, 0.29) is 0 Å². The fraction of sp³-hybridized carbons (Fsp3) is 0.200. The van der Waals surface area contributed by atoms with Gasteiger partial charge in [0, 0.05) is 11.8 Å². The third-order valence-corrected chi connectivity index (χ3v) is 8.99. The Balaban J connectivity index is 1.67. The highest BCUT2D eigenvalue weighted by Gasteiger charge is 2.40. The molecule has 0 amide bonds. The van der Waals surface area contributed by atoms with Gasteiger partial charge in [-0.05, 0) is 11.1 Å². The van der Waals surface area contributed by atoms with E-state index in [0.717, 1.165) is 0 Å². The first kappa shape index (κ1) is 12.8. The summed E-state index contributed by atoms with van der Waals surface area (Å²) >= 11 is 0. The molecule has 0 aromatic heterocycles. The molecule has 4 aliphatic rings. The molecule has 0 radical (unpaired) electrons. The zero-order valence-corrected chi connectivity index (χ0v) is 13.6. The molecular formula is C20H20Si.